The van der Waals surface area contributed by atoms with Gasteiger partial charge >= 0.3 is 0 Å². The van der Waals surface area contributed by atoms with Gasteiger partial charge in [-0.1, -0.05) is 37.3 Å². The molecular weight excluding hydrogens is 200 g/mol. The van der Waals surface area contributed by atoms with Crippen LogP contribution in [0.3, 0.4) is 0 Å². The molecule has 0 heterocycles. The molecule has 0 radical (unpaired) electrons. The number of hydrogen-bond donors (Lipinski definition) is 2. The number of hydrogen-bond acceptors (Lipinski definition) is 3. The lowest BCUT2D eigenvalue weighted by Crippen LogP contribution is -2.43. The molecule has 1 aromatic rings. The molecule has 0 saturated heterocycles. The highest BCUT2D eigenvalue weighted by atomic mass is 16.3. The van der Waals surface area contributed by atoms with Crippen molar-refractivity contribution in [2.75, 3.05) is 33.3 Å². The highest BCUT2D eigenvalue weighted by Crippen LogP contribution is 2.23. The number of benzene rings is 1. The van der Waals surface area contributed by atoms with E-state index in [2.05, 4.69) is 24.0 Å². The molecule has 0 aliphatic heterocycles. The van der Waals surface area contributed by atoms with Crippen LogP contribution in [0.25, 0.3) is 0 Å². The smallest absolute Gasteiger partial charge is 0.0558 e. The van der Waals surface area contributed by atoms with Gasteiger partial charge in [0.05, 0.1) is 6.61 Å². The Balaban J connectivity index is 2.78. The molecule has 90 valence electrons. The van der Waals surface area contributed by atoms with Gasteiger partial charge in [-0.3, -0.25) is 0 Å². The van der Waals surface area contributed by atoms with Crippen molar-refractivity contribution in [1.82, 2.24) is 4.90 Å². The molecule has 0 spiro atoms. The molecule has 0 aromatic heterocycles. The topological polar surface area (TPSA) is 49.5 Å². The van der Waals surface area contributed by atoms with E-state index in [0.717, 1.165) is 6.54 Å². The van der Waals surface area contributed by atoms with Crippen LogP contribution < -0.4 is 5.73 Å². The summed E-state index contributed by atoms with van der Waals surface area (Å²) in [5.74, 6) is 0. The number of aliphatic hydroxyl groups is 1. The molecular formula is C13H22N2O. The summed E-state index contributed by atoms with van der Waals surface area (Å²) in [4.78, 5) is 2.11. The molecule has 1 rings (SSSR count). The van der Waals surface area contributed by atoms with Gasteiger partial charge in [0.2, 0.25) is 0 Å². The minimum Gasteiger partial charge on any atom is -0.395 e. The number of nitrogens with zero attached hydrogens (tertiary/aromatic N) is 1. The Morgan fingerprint density at radius 3 is 2.44 bits per heavy atom. The van der Waals surface area contributed by atoms with Crippen molar-refractivity contribution < 1.29 is 5.11 Å². The fourth-order valence-electron chi connectivity index (χ4n) is 1.96. The van der Waals surface area contributed by atoms with Gasteiger partial charge in [0.25, 0.3) is 0 Å². The summed E-state index contributed by atoms with van der Waals surface area (Å²) >= 11 is 0. The van der Waals surface area contributed by atoms with Crippen LogP contribution in [0.5, 0.6) is 0 Å². The molecule has 3 nitrogen and oxygen atoms in total. The van der Waals surface area contributed by atoms with Gasteiger partial charge in [0.1, 0.15) is 0 Å². The zero-order valence-electron chi connectivity index (χ0n) is 10.2. The second-order valence-electron chi connectivity index (χ2n) is 4.59. The molecule has 16 heavy (non-hydrogen) atoms. The standard InChI is InChI=1S/C13H22N2O/c1-13(10-14,11-15(2)8-9-16)12-6-4-3-5-7-12/h3-7,16H,8-11,14H2,1-2H3. The first-order chi connectivity index (χ1) is 7.62. The van der Waals surface area contributed by atoms with Crippen molar-refractivity contribution >= 4 is 0 Å². The second-order valence-corrected chi connectivity index (χ2v) is 4.59. The predicted octanol–water partition coefficient (Wildman–Crippen LogP) is 0.827. The number of rotatable bonds is 6. The summed E-state index contributed by atoms with van der Waals surface area (Å²) in [6.07, 6.45) is 0. The van der Waals surface area contributed by atoms with Crippen LogP contribution in [-0.4, -0.2) is 43.3 Å². The highest BCUT2D eigenvalue weighted by Gasteiger charge is 2.26. The Hall–Kier alpha value is -0.900. The second kappa shape index (κ2) is 5.99. The van der Waals surface area contributed by atoms with Crippen molar-refractivity contribution in [3.8, 4) is 0 Å². The lowest BCUT2D eigenvalue weighted by Gasteiger charge is -2.33. The number of nitrogens with two attached hydrogens (primary N) is 1. The van der Waals surface area contributed by atoms with E-state index in [0.29, 0.717) is 13.1 Å². The molecule has 3 heteroatoms. The quantitative estimate of drug-likeness (QED) is 0.749. The number of likely N-dealkylation sites (N-methyl/N-ethyl adjacent to an activating group) is 1. The average Bonchev–Trinajstić information content (AvgIpc) is 2.30. The Kier molecular flexibility index (Phi) is 4.93. The van der Waals surface area contributed by atoms with Crippen molar-refractivity contribution in [1.29, 1.82) is 0 Å². The van der Waals surface area contributed by atoms with E-state index in [1.807, 2.05) is 25.2 Å². The molecule has 1 unspecified atom stereocenters. The summed E-state index contributed by atoms with van der Waals surface area (Å²) in [7, 11) is 2.01. The maximum absolute atomic E-state index is 8.90. The van der Waals surface area contributed by atoms with Crippen LogP contribution in [0, 0.1) is 0 Å². The molecule has 0 fully saturated rings. The summed E-state index contributed by atoms with van der Waals surface area (Å²) in [6, 6.07) is 10.3. The van der Waals surface area contributed by atoms with Crippen LogP contribution in [0.2, 0.25) is 0 Å². The van der Waals surface area contributed by atoms with Gasteiger partial charge in [-0.25, -0.2) is 0 Å². The van der Waals surface area contributed by atoms with Crippen molar-refractivity contribution in [3.63, 3.8) is 0 Å². The van der Waals surface area contributed by atoms with E-state index in [9.17, 15) is 0 Å². The van der Waals surface area contributed by atoms with Gasteiger partial charge in [0, 0.05) is 25.0 Å². The third-order valence-corrected chi connectivity index (χ3v) is 3.02. The summed E-state index contributed by atoms with van der Waals surface area (Å²) in [5.41, 5.74) is 7.10. The van der Waals surface area contributed by atoms with Crippen molar-refractivity contribution in [2.45, 2.75) is 12.3 Å². The highest BCUT2D eigenvalue weighted by molar-refractivity contribution is 5.25. The lowest BCUT2D eigenvalue weighted by molar-refractivity contribution is 0.195. The summed E-state index contributed by atoms with van der Waals surface area (Å²) < 4.78 is 0. The molecule has 0 aliphatic carbocycles. The minimum absolute atomic E-state index is 0.0504. The van der Waals surface area contributed by atoms with Gasteiger partial charge in [-0.15, -0.1) is 0 Å². The van der Waals surface area contributed by atoms with E-state index in [1.54, 1.807) is 0 Å². The first kappa shape index (κ1) is 13.2. The Morgan fingerprint density at radius 2 is 1.94 bits per heavy atom. The van der Waals surface area contributed by atoms with Gasteiger partial charge in [-0.05, 0) is 12.6 Å². The van der Waals surface area contributed by atoms with Crippen LogP contribution in [0.1, 0.15) is 12.5 Å². The SMILES string of the molecule is CN(CCO)CC(C)(CN)c1ccccc1. The molecule has 1 aromatic carbocycles. The third-order valence-electron chi connectivity index (χ3n) is 3.02. The Bertz CT molecular complexity index is 302. The summed E-state index contributed by atoms with van der Waals surface area (Å²) in [6.45, 7) is 4.49. The fraction of sp³-hybridized carbons (Fsp3) is 0.538. The molecule has 0 bridgehead atoms. The lowest BCUT2D eigenvalue weighted by atomic mass is 9.82. The van der Waals surface area contributed by atoms with Crippen LogP contribution in [0.4, 0.5) is 0 Å². The van der Waals surface area contributed by atoms with Crippen LogP contribution in [0.15, 0.2) is 30.3 Å². The molecule has 0 aliphatic rings. The minimum atomic E-state index is -0.0504. The van der Waals surface area contributed by atoms with Crippen LogP contribution in [-0.2, 0) is 5.41 Å². The van der Waals surface area contributed by atoms with Crippen molar-refractivity contribution in [3.05, 3.63) is 35.9 Å². The first-order valence-corrected chi connectivity index (χ1v) is 5.67. The van der Waals surface area contributed by atoms with E-state index >= 15 is 0 Å². The van der Waals surface area contributed by atoms with E-state index in [-0.39, 0.29) is 12.0 Å². The Labute approximate surface area is 97.9 Å². The molecule has 3 N–H and O–H groups in total. The maximum atomic E-state index is 8.90. The average molecular weight is 222 g/mol. The van der Waals surface area contributed by atoms with Crippen molar-refractivity contribution in [2.24, 2.45) is 5.73 Å². The zero-order valence-corrected chi connectivity index (χ0v) is 10.2. The first-order valence-electron chi connectivity index (χ1n) is 5.67. The zero-order chi connectivity index (χ0) is 12.0. The molecule has 1 atom stereocenters. The molecule has 0 saturated carbocycles. The van der Waals surface area contributed by atoms with E-state index < -0.39 is 0 Å². The van der Waals surface area contributed by atoms with E-state index in [1.165, 1.54) is 5.56 Å². The van der Waals surface area contributed by atoms with Gasteiger partial charge in [0.15, 0.2) is 0 Å². The summed E-state index contributed by atoms with van der Waals surface area (Å²) in [5, 5.41) is 8.90. The largest absolute Gasteiger partial charge is 0.395 e. The van der Waals surface area contributed by atoms with Crippen LogP contribution >= 0.6 is 0 Å². The van der Waals surface area contributed by atoms with E-state index in [4.69, 9.17) is 10.8 Å². The maximum Gasteiger partial charge on any atom is 0.0558 e. The normalized spacial score (nSPS) is 15.1. The number of aliphatic hydroxyl groups excluding tert-OH is 1. The van der Waals surface area contributed by atoms with Gasteiger partial charge < -0.3 is 15.7 Å². The molecule has 0 amide bonds. The third kappa shape index (κ3) is 3.30. The monoisotopic (exact) mass is 222 g/mol. The predicted molar refractivity (Wildman–Crippen MR) is 67.4 cm³/mol. The Morgan fingerprint density at radius 1 is 1.31 bits per heavy atom. The van der Waals surface area contributed by atoms with Gasteiger partial charge in [-0.2, -0.15) is 0 Å². The fourth-order valence-corrected chi connectivity index (χ4v) is 1.96.